The predicted molar refractivity (Wildman–Crippen MR) is 126 cm³/mol. The van der Waals surface area contributed by atoms with Crippen molar-refractivity contribution in [3.8, 4) is 0 Å². The molecule has 0 unspecified atom stereocenters. The second-order valence-corrected chi connectivity index (χ2v) is 8.96. The van der Waals surface area contributed by atoms with E-state index in [4.69, 9.17) is 11.6 Å². The lowest BCUT2D eigenvalue weighted by Gasteiger charge is -2.35. The summed E-state index contributed by atoms with van der Waals surface area (Å²) in [5.74, 6) is 0.896. The predicted octanol–water partition coefficient (Wildman–Crippen LogP) is 3.56. The van der Waals surface area contributed by atoms with Gasteiger partial charge in [-0.25, -0.2) is 4.98 Å². The molecule has 0 spiro atoms. The Balaban J connectivity index is 1.25. The van der Waals surface area contributed by atoms with E-state index in [1.807, 2.05) is 47.2 Å². The standard InChI is InChI=1S/C23H26ClN5OS/c1-27(23-25-21(26-31-23)15-18-7-9-20(24)10-8-18)17-22(30)29-13-11-28(12-14-29)16-19-5-3-2-4-6-19/h2-10H,11-17H2,1H3. The molecule has 2 heterocycles. The van der Waals surface area contributed by atoms with Crippen LogP contribution in [0, 0.1) is 0 Å². The lowest BCUT2D eigenvalue weighted by Crippen LogP contribution is -2.50. The summed E-state index contributed by atoms with van der Waals surface area (Å²) in [7, 11) is 1.90. The number of hydrogen-bond acceptors (Lipinski definition) is 6. The molecule has 8 heteroatoms. The molecular formula is C23H26ClN5OS. The van der Waals surface area contributed by atoms with Crippen molar-refractivity contribution >= 4 is 34.2 Å². The largest absolute Gasteiger partial charge is 0.341 e. The minimum atomic E-state index is 0.135. The summed E-state index contributed by atoms with van der Waals surface area (Å²) in [6, 6.07) is 18.2. The van der Waals surface area contributed by atoms with E-state index in [1.54, 1.807) is 0 Å². The highest BCUT2D eigenvalue weighted by molar-refractivity contribution is 7.09. The molecule has 2 aromatic carbocycles. The van der Waals surface area contributed by atoms with Crippen molar-refractivity contribution in [1.29, 1.82) is 0 Å². The number of halogens is 1. The Morgan fingerprint density at radius 1 is 1.03 bits per heavy atom. The van der Waals surface area contributed by atoms with Gasteiger partial charge in [-0.05, 0) is 23.3 Å². The van der Waals surface area contributed by atoms with Crippen molar-refractivity contribution < 1.29 is 4.79 Å². The monoisotopic (exact) mass is 455 g/mol. The maximum absolute atomic E-state index is 12.8. The van der Waals surface area contributed by atoms with E-state index in [9.17, 15) is 4.79 Å². The molecule has 1 fully saturated rings. The quantitative estimate of drug-likeness (QED) is 0.545. The van der Waals surface area contributed by atoms with Gasteiger partial charge in [0.1, 0.15) is 5.82 Å². The number of amides is 1. The van der Waals surface area contributed by atoms with E-state index < -0.39 is 0 Å². The van der Waals surface area contributed by atoms with Gasteiger partial charge in [-0.15, -0.1) is 0 Å². The number of hydrogen-bond donors (Lipinski definition) is 0. The van der Waals surface area contributed by atoms with Gasteiger partial charge in [0, 0.05) is 62.7 Å². The number of anilines is 1. The van der Waals surface area contributed by atoms with Gasteiger partial charge in [0.05, 0.1) is 6.54 Å². The van der Waals surface area contributed by atoms with Crippen LogP contribution in [0.2, 0.25) is 5.02 Å². The van der Waals surface area contributed by atoms with Crippen LogP contribution in [0.25, 0.3) is 0 Å². The fourth-order valence-electron chi connectivity index (χ4n) is 3.62. The number of aromatic nitrogens is 2. The molecular weight excluding hydrogens is 430 g/mol. The van der Waals surface area contributed by atoms with Crippen molar-refractivity contribution in [2.24, 2.45) is 0 Å². The van der Waals surface area contributed by atoms with Crippen LogP contribution in [0.4, 0.5) is 5.13 Å². The van der Waals surface area contributed by atoms with E-state index in [1.165, 1.54) is 17.1 Å². The van der Waals surface area contributed by atoms with Crippen LogP contribution in [0.1, 0.15) is 17.0 Å². The molecule has 0 radical (unpaired) electrons. The molecule has 1 aromatic heterocycles. The zero-order valence-corrected chi connectivity index (χ0v) is 19.1. The normalized spacial score (nSPS) is 14.6. The molecule has 0 N–H and O–H groups in total. The molecule has 31 heavy (non-hydrogen) atoms. The topological polar surface area (TPSA) is 52.6 Å². The van der Waals surface area contributed by atoms with Crippen LogP contribution in [0.3, 0.4) is 0 Å². The number of likely N-dealkylation sites (N-methyl/N-ethyl adjacent to an activating group) is 1. The average Bonchev–Trinajstić information content (AvgIpc) is 3.25. The highest BCUT2D eigenvalue weighted by Gasteiger charge is 2.23. The third-order valence-corrected chi connectivity index (χ3v) is 6.53. The van der Waals surface area contributed by atoms with Crippen molar-refractivity contribution in [2.75, 3.05) is 44.7 Å². The Labute approximate surface area is 192 Å². The SMILES string of the molecule is CN(CC(=O)N1CCN(Cc2ccccc2)CC1)c1nc(Cc2ccc(Cl)cc2)ns1. The van der Waals surface area contributed by atoms with Gasteiger partial charge >= 0.3 is 0 Å². The number of carbonyl (C=O) groups is 1. The Hall–Kier alpha value is -2.48. The average molecular weight is 456 g/mol. The van der Waals surface area contributed by atoms with Crippen molar-refractivity contribution in [2.45, 2.75) is 13.0 Å². The molecule has 0 atom stereocenters. The molecule has 0 aliphatic carbocycles. The van der Waals surface area contributed by atoms with Crippen molar-refractivity contribution in [3.05, 3.63) is 76.6 Å². The molecule has 1 amide bonds. The Kier molecular flexibility index (Phi) is 7.17. The lowest BCUT2D eigenvalue weighted by molar-refractivity contribution is -0.131. The molecule has 6 nitrogen and oxygen atoms in total. The van der Waals surface area contributed by atoms with Gasteiger partial charge in [-0.1, -0.05) is 54.1 Å². The minimum absolute atomic E-state index is 0.135. The van der Waals surface area contributed by atoms with Crippen LogP contribution >= 0.6 is 23.1 Å². The van der Waals surface area contributed by atoms with Gasteiger partial charge in [0.25, 0.3) is 0 Å². The smallest absolute Gasteiger partial charge is 0.242 e. The van der Waals surface area contributed by atoms with E-state index in [2.05, 4.69) is 38.5 Å². The highest BCUT2D eigenvalue weighted by Crippen LogP contribution is 2.19. The first kappa shape index (κ1) is 21.7. The van der Waals surface area contributed by atoms with Crippen LogP contribution in [0.5, 0.6) is 0 Å². The van der Waals surface area contributed by atoms with E-state index in [0.717, 1.165) is 54.3 Å². The summed E-state index contributed by atoms with van der Waals surface area (Å²) in [4.78, 5) is 23.6. The molecule has 1 aliphatic heterocycles. The summed E-state index contributed by atoms with van der Waals surface area (Å²) in [5, 5.41) is 1.48. The number of piperazine rings is 1. The summed E-state index contributed by atoms with van der Waals surface area (Å²) in [6.45, 7) is 4.57. The molecule has 162 valence electrons. The zero-order chi connectivity index (χ0) is 21.6. The maximum Gasteiger partial charge on any atom is 0.242 e. The van der Waals surface area contributed by atoms with Gasteiger partial charge in [-0.3, -0.25) is 9.69 Å². The summed E-state index contributed by atoms with van der Waals surface area (Å²) in [5.41, 5.74) is 2.42. The second-order valence-electron chi connectivity index (χ2n) is 7.80. The van der Waals surface area contributed by atoms with Gasteiger partial charge in [-0.2, -0.15) is 4.37 Å². The van der Waals surface area contributed by atoms with Gasteiger partial charge < -0.3 is 9.80 Å². The second kappa shape index (κ2) is 10.2. The summed E-state index contributed by atoms with van der Waals surface area (Å²) < 4.78 is 4.45. The van der Waals surface area contributed by atoms with Crippen LogP contribution < -0.4 is 4.90 Å². The number of carbonyl (C=O) groups excluding carboxylic acids is 1. The summed E-state index contributed by atoms with van der Waals surface area (Å²) in [6.07, 6.45) is 0.652. The number of nitrogens with zero attached hydrogens (tertiary/aromatic N) is 5. The molecule has 0 saturated carbocycles. The van der Waals surface area contributed by atoms with Crippen LogP contribution in [-0.4, -0.2) is 64.8 Å². The Morgan fingerprint density at radius 3 is 2.45 bits per heavy atom. The van der Waals surface area contributed by atoms with Crippen molar-refractivity contribution in [1.82, 2.24) is 19.2 Å². The first-order valence-corrected chi connectivity index (χ1v) is 11.5. The maximum atomic E-state index is 12.8. The Morgan fingerprint density at radius 2 is 1.74 bits per heavy atom. The summed E-state index contributed by atoms with van der Waals surface area (Å²) >= 11 is 7.27. The zero-order valence-electron chi connectivity index (χ0n) is 17.6. The van der Waals surface area contributed by atoms with Gasteiger partial charge in [0.15, 0.2) is 0 Å². The molecule has 0 bridgehead atoms. The Bertz CT molecular complexity index is 987. The molecule has 4 rings (SSSR count). The van der Waals surface area contributed by atoms with Gasteiger partial charge in [0.2, 0.25) is 11.0 Å². The first-order chi connectivity index (χ1) is 15.1. The van der Waals surface area contributed by atoms with E-state index in [-0.39, 0.29) is 5.91 Å². The number of rotatable bonds is 7. The van der Waals surface area contributed by atoms with E-state index >= 15 is 0 Å². The third kappa shape index (κ3) is 6.03. The first-order valence-electron chi connectivity index (χ1n) is 10.4. The minimum Gasteiger partial charge on any atom is -0.341 e. The lowest BCUT2D eigenvalue weighted by atomic mass is 10.1. The fraction of sp³-hybridized carbons (Fsp3) is 0.348. The van der Waals surface area contributed by atoms with E-state index in [0.29, 0.717) is 13.0 Å². The molecule has 1 saturated heterocycles. The fourth-order valence-corrected chi connectivity index (χ4v) is 4.39. The molecule has 3 aromatic rings. The number of benzene rings is 2. The van der Waals surface area contributed by atoms with Crippen LogP contribution in [0.15, 0.2) is 54.6 Å². The van der Waals surface area contributed by atoms with Crippen LogP contribution in [-0.2, 0) is 17.8 Å². The van der Waals surface area contributed by atoms with Crippen molar-refractivity contribution in [3.63, 3.8) is 0 Å². The molecule has 1 aliphatic rings. The highest BCUT2D eigenvalue weighted by atomic mass is 35.5. The third-order valence-electron chi connectivity index (χ3n) is 5.41.